The van der Waals surface area contributed by atoms with Crippen LogP contribution in [-0.2, 0) is 9.53 Å². The Labute approximate surface area is 151 Å². The fourth-order valence-electron chi connectivity index (χ4n) is 2.14. The number of benzene rings is 2. The first-order valence-electron chi connectivity index (χ1n) is 7.97. The van der Waals surface area contributed by atoms with Crippen molar-refractivity contribution in [2.45, 2.75) is 13.0 Å². The molecule has 2 aromatic rings. The molecule has 0 radical (unpaired) electrons. The highest BCUT2D eigenvalue weighted by molar-refractivity contribution is 5.98. The van der Waals surface area contributed by atoms with Gasteiger partial charge in [0.05, 0.1) is 5.56 Å². The van der Waals surface area contributed by atoms with Crippen LogP contribution in [-0.4, -0.2) is 38.0 Å². The lowest BCUT2D eigenvalue weighted by molar-refractivity contribution is -0.123. The van der Waals surface area contributed by atoms with E-state index in [4.69, 9.17) is 10.5 Å². The van der Waals surface area contributed by atoms with E-state index in [-0.39, 0.29) is 0 Å². The van der Waals surface area contributed by atoms with Crippen molar-refractivity contribution in [3.8, 4) is 0 Å². The smallest absolute Gasteiger partial charge is 0.338 e. The van der Waals surface area contributed by atoms with E-state index in [2.05, 4.69) is 5.32 Å². The third-order valence-electron chi connectivity index (χ3n) is 3.71. The predicted molar refractivity (Wildman–Crippen MR) is 99.2 cm³/mol. The van der Waals surface area contributed by atoms with E-state index in [9.17, 15) is 14.4 Å². The second kappa shape index (κ2) is 8.15. The van der Waals surface area contributed by atoms with Crippen LogP contribution in [0.15, 0.2) is 48.5 Å². The molecule has 0 heterocycles. The molecule has 3 N–H and O–H groups in total. The summed E-state index contributed by atoms with van der Waals surface area (Å²) in [7, 11) is 3.80. The van der Waals surface area contributed by atoms with Gasteiger partial charge in [-0.3, -0.25) is 9.59 Å². The van der Waals surface area contributed by atoms with E-state index < -0.39 is 23.9 Å². The monoisotopic (exact) mass is 355 g/mol. The van der Waals surface area contributed by atoms with Gasteiger partial charge in [-0.2, -0.15) is 0 Å². The molecule has 0 aliphatic heterocycles. The van der Waals surface area contributed by atoms with Crippen LogP contribution in [0, 0.1) is 0 Å². The van der Waals surface area contributed by atoms with Gasteiger partial charge in [-0.25, -0.2) is 4.79 Å². The van der Waals surface area contributed by atoms with Gasteiger partial charge < -0.3 is 20.7 Å². The van der Waals surface area contributed by atoms with Crippen LogP contribution < -0.4 is 16.0 Å². The van der Waals surface area contributed by atoms with Crippen molar-refractivity contribution in [2.75, 3.05) is 24.3 Å². The van der Waals surface area contributed by atoms with Crippen molar-refractivity contribution < 1.29 is 19.1 Å². The number of rotatable bonds is 6. The van der Waals surface area contributed by atoms with E-state index in [0.717, 1.165) is 5.69 Å². The number of nitrogens with one attached hydrogen (secondary N) is 1. The minimum atomic E-state index is -0.980. The van der Waals surface area contributed by atoms with Gasteiger partial charge in [-0.15, -0.1) is 0 Å². The van der Waals surface area contributed by atoms with Crippen molar-refractivity contribution in [3.63, 3.8) is 0 Å². The molecule has 0 bridgehead atoms. The first kappa shape index (κ1) is 19.0. The molecule has 0 aliphatic rings. The molecule has 26 heavy (non-hydrogen) atoms. The Balaban J connectivity index is 1.95. The minimum absolute atomic E-state index is 0.337. The van der Waals surface area contributed by atoms with E-state index in [0.29, 0.717) is 16.8 Å². The van der Waals surface area contributed by atoms with E-state index in [1.165, 1.54) is 19.1 Å². The number of primary amides is 1. The molecule has 2 rings (SSSR count). The lowest BCUT2D eigenvalue weighted by Crippen LogP contribution is -2.30. The third kappa shape index (κ3) is 4.83. The van der Waals surface area contributed by atoms with Crippen LogP contribution in [0.1, 0.15) is 27.6 Å². The summed E-state index contributed by atoms with van der Waals surface area (Å²) in [5.41, 5.74) is 7.28. The number of esters is 1. The molecular formula is C19H21N3O4. The van der Waals surface area contributed by atoms with Crippen LogP contribution in [0.5, 0.6) is 0 Å². The second-order valence-electron chi connectivity index (χ2n) is 5.92. The Kier molecular flexibility index (Phi) is 5.95. The molecule has 2 aromatic carbocycles. The number of ether oxygens (including phenoxy) is 1. The Morgan fingerprint density at radius 3 is 2.00 bits per heavy atom. The van der Waals surface area contributed by atoms with Gasteiger partial charge in [0, 0.05) is 31.0 Å². The standard InChI is InChI=1S/C19H21N3O4/c1-12(18(24)21-15-8-4-13(5-9-15)17(20)23)26-19(25)14-6-10-16(11-7-14)22(2)3/h4-12H,1-3H3,(H2,20,23)(H,21,24)/t12-/m1/s1. The number of hydrogen-bond donors (Lipinski definition) is 2. The van der Waals surface area contributed by atoms with E-state index >= 15 is 0 Å². The number of nitrogens with zero attached hydrogens (tertiary/aromatic N) is 1. The van der Waals surface area contributed by atoms with Crippen molar-refractivity contribution in [2.24, 2.45) is 5.73 Å². The molecule has 136 valence electrons. The summed E-state index contributed by atoms with van der Waals surface area (Å²) in [5, 5.41) is 2.61. The quantitative estimate of drug-likeness (QED) is 0.772. The fraction of sp³-hybridized carbons (Fsp3) is 0.211. The predicted octanol–water partition coefficient (Wildman–Crippen LogP) is 2.04. The number of amides is 2. The molecule has 0 saturated heterocycles. The topological polar surface area (TPSA) is 102 Å². The van der Waals surface area contributed by atoms with Gasteiger partial charge >= 0.3 is 5.97 Å². The molecule has 0 fully saturated rings. The average Bonchev–Trinajstić information content (AvgIpc) is 2.62. The number of anilines is 2. The molecule has 7 heteroatoms. The zero-order valence-electron chi connectivity index (χ0n) is 14.9. The van der Waals surface area contributed by atoms with Crippen LogP contribution in [0.3, 0.4) is 0 Å². The summed E-state index contributed by atoms with van der Waals surface area (Å²) < 4.78 is 5.19. The summed E-state index contributed by atoms with van der Waals surface area (Å²) >= 11 is 0. The highest BCUT2D eigenvalue weighted by Crippen LogP contribution is 2.14. The normalized spacial score (nSPS) is 11.3. The SMILES string of the molecule is C[C@@H](OC(=O)c1ccc(N(C)C)cc1)C(=O)Nc1ccc(C(N)=O)cc1. The molecule has 0 saturated carbocycles. The van der Waals surface area contributed by atoms with Crippen molar-refractivity contribution in [1.82, 2.24) is 0 Å². The van der Waals surface area contributed by atoms with Crippen LogP contribution in [0.4, 0.5) is 11.4 Å². The number of hydrogen-bond acceptors (Lipinski definition) is 5. The Morgan fingerprint density at radius 1 is 0.962 bits per heavy atom. The number of nitrogens with two attached hydrogens (primary N) is 1. The van der Waals surface area contributed by atoms with Crippen LogP contribution in [0.25, 0.3) is 0 Å². The van der Waals surface area contributed by atoms with Gasteiger partial charge in [-0.1, -0.05) is 0 Å². The molecule has 0 aromatic heterocycles. The maximum atomic E-state index is 12.2. The number of carbonyl (C=O) groups is 3. The molecular weight excluding hydrogens is 334 g/mol. The van der Waals surface area contributed by atoms with Gasteiger partial charge in [0.1, 0.15) is 0 Å². The van der Waals surface area contributed by atoms with Gasteiger partial charge in [-0.05, 0) is 55.5 Å². The van der Waals surface area contributed by atoms with Crippen molar-refractivity contribution in [3.05, 3.63) is 59.7 Å². The molecule has 0 spiro atoms. The van der Waals surface area contributed by atoms with Gasteiger partial charge in [0.15, 0.2) is 6.10 Å². The second-order valence-corrected chi connectivity index (χ2v) is 5.92. The Bertz CT molecular complexity index is 799. The van der Waals surface area contributed by atoms with Gasteiger partial charge in [0.25, 0.3) is 5.91 Å². The van der Waals surface area contributed by atoms with Crippen LogP contribution in [0.2, 0.25) is 0 Å². The average molecular weight is 355 g/mol. The van der Waals surface area contributed by atoms with Crippen LogP contribution >= 0.6 is 0 Å². The highest BCUT2D eigenvalue weighted by Gasteiger charge is 2.19. The fourth-order valence-corrected chi connectivity index (χ4v) is 2.14. The minimum Gasteiger partial charge on any atom is -0.449 e. The zero-order chi connectivity index (χ0) is 19.3. The van der Waals surface area contributed by atoms with Gasteiger partial charge in [0.2, 0.25) is 5.91 Å². The lowest BCUT2D eigenvalue weighted by atomic mass is 10.2. The highest BCUT2D eigenvalue weighted by atomic mass is 16.5. The molecule has 0 aliphatic carbocycles. The van der Waals surface area contributed by atoms with Crippen molar-refractivity contribution >= 4 is 29.2 Å². The first-order chi connectivity index (χ1) is 12.3. The first-order valence-corrected chi connectivity index (χ1v) is 7.97. The summed E-state index contributed by atoms with van der Waals surface area (Å²) in [4.78, 5) is 37.2. The maximum absolute atomic E-state index is 12.2. The Morgan fingerprint density at radius 2 is 1.50 bits per heavy atom. The summed E-state index contributed by atoms with van der Waals surface area (Å²) in [6, 6.07) is 13.0. The summed E-state index contributed by atoms with van der Waals surface area (Å²) in [6.45, 7) is 1.49. The van der Waals surface area contributed by atoms with Crippen molar-refractivity contribution in [1.29, 1.82) is 0 Å². The molecule has 0 unspecified atom stereocenters. The maximum Gasteiger partial charge on any atom is 0.338 e. The number of carbonyl (C=O) groups excluding carboxylic acids is 3. The summed E-state index contributed by atoms with van der Waals surface area (Å²) in [6.07, 6.45) is -0.980. The molecule has 7 nitrogen and oxygen atoms in total. The molecule has 2 amide bonds. The molecule has 1 atom stereocenters. The largest absolute Gasteiger partial charge is 0.449 e. The van der Waals surface area contributed by atoms with E-state index in [1.807, 2.05) is 19.0 Å². The zero-order valence-corrected chi connectivity index (χ0v) is 14.9. The van der Waals surface area contributed by atoms with E-state index in [1.54, 1.807) is 36.4 Å². The lowest BCUT2D eigenvalue weighted by Gasteiger charge is -2.15. The Hall–Kier alpha value is -3.35. The summed E-state index contributed by atoms with van der Waals surface area (Å²) in [5.74, 6) is -1.61. The third-order valence-corrected chi connectivity index (χ3v) is 3.71.